The molecule has 4 rings (SSSR count). The van der Waals surface area contributed by atoms with E-state index in [1.165, 1.54) is 30.3 Å². The van der Waals surface area contributed by atoms with Gasteiger partial charge in [-0.1, -0.05) is 12.1 Å². The first-order valence-corrected chi connectivity index (χ1v) is 9.79. The maximum Gasteiger partial charge on any atom is 0.335 e. The van der Waals surface area contributed by atoms with Crippen molar-refractivity contribution >= 4 is 29.4 Å². The highest BCUT2D eigenvalue weighted by Crippen LogP contribution is 2.28. The van der Waals surface area contributed by atoms with Crippen molar-refractivity contribution in [3.05, 3.63) is 88.5 Å². The van der Waals surface area contributed by atoms with E-state index in [2.05, 4.69) is 5.32 Å². The van der Waals surface area contributed by atoms with E-state index in [1.807, 2.05) is 0 Å². The van der Waals surface area contributed by atoms with Crippen LogP contribution < -0.4 is 10.1 Å². The second-order valence-corrected chi connectivity index (χ2v) is 7.30. The Morgan fingerprint density at radius 2 is 1.58 bits per heavy atom. The number of anilines is 1. The summed E-state index contributed by atoms with van der Waals surface area (Å²) in [7, 11) is 1.54. The second kappa shape index (κ2) is 8.46. The number of ether oxygens (including phenoxy) is 1. The summed E-state index contributed by atoms with van der Waals surface area (Å²) in [5.74, 6) is -2.59. The van der Waals surface area contributed by atoms with Crippen LogP contribution in [0.2, 0.25) is 0 Å². The fourth-order valence-electron chi connectivity index (χ4n) is 3.45. The molecule has 0 bridgehead atoms. The van der Waals surface area contributed by atoms with Gasteiger partial charge >= 0.3 is 5.97 Å². The number of nitrogens with zero attached hydrogens (tertiary/aromatic N) is 1. The minimum Gasteiger partial charge on any atom is -0.506 e. The lowest BCUT2D eigenvalue weighted by atomic mass is 10.1. The van der Waals surface area contributed by atoms with Crippen molar-refractivity contribution in [2.24, 2.45) is 0 Å². The zero-order valence-electron chi connectivity index (χ0n) is 17.4. The number of nitrogens with one attached hydrogen (secondary N) is 1. The van der Waals surface area contributed by atoms with Gasteiger partial charge in [-0.2, -0.15) is 0 Å². The molecule has 0 spiro atoms. The normalized spacial score (nSPS) is 12.5. The van der Waals surface area contributed by atoms with E-state index >= 15 is 0 Å². The first kappa shape index (κ1) is 21.6. The number of phenolic OH excluding ortho intramolecular Hbond substituents is 1. The SMILES string of the molecule is COc1ccc(CN2C(=O)c3ccc(C(=O)Nc4ccc(C(=O)O)cc4O)cc3C2=O)cc1. The maximum atomic E-state index is 12.9. The lowest BCUT2D eigenvalue weighted by molar-refractivity contribution is 0.0639. The molecule has 0 aliphatic carbocycles. The molecule has 9 nitrogen and oxygen atoms in total. The maximum absolute atomic E-state index is 12.9. The van der Waals surface area contributed by atoms with Crippen LogP contribution in [0.15, 0.2) is 60.7 Å². The summed E-state index contributed by atoms with van der Waals surface area (Å²) in [6.07, 6.45) is 0. The van der Waals surface area contributed by atoms with Crippen LogP contribution in [0.3, 0.4) is 0 Å². The number of phenols is 1. The van der Waals surface area contributed by atoms with Crippen molar-refractivity contribution in [2.45, 2.75) is 6.54 Å². The number of fused-ring (bicyclic) bond motifs is 1. The Morgan fingerprint density at radius 3 is 2.21 bits per heavy atom. The number of carbonyl (C=O) groups is 4. The van der Waals surface area contributed by atoms with Crippen LogP contribution >= 0.6 is 0 Å². The van der Waals surface area contributed by atoms with Crippen LogP contribution in [-0.4, -0.2) is 45.9 Å². The van der Waals surface area contributed by atoms with Crippen molar-refractivity contribution in [2.75, 3.05) is 12.4 Å². The molecule has 1 aliphatic heterocycles. The van der Waals surface area contributed by atoms with E-state index in [0.717, 1.165) is 16.5 Å². The molecule has 0 aromatic heterocycles. The van der Waals surface area contributed by atoms with E-state index in [1.54, 1.807) is 31.4 Å². The van der Waals surface area contributed by atoms with Gasteiger partial charge in [-0.3, -0.25) is 19.3 Å². The van der Waals surface area contributed by atoms with Gasteiger partial charge in [0.25, 0.3) is 17.7 Å². The van der Waals surface area contributed by atoms with E-state index in [4.69, 9.17) is 9.84 Å². The van der Waals surface area contributed by atoms with Crippen LogP contribution in [-0.2, 0) is 6.54 Å². The van der Waals surface area contributed by atoms with Gasteiger partial charge in [-0.15, -0.1) is 0 Å². The molecule has 1 heterocycles. The van der Waals surface area contributed by atoms with Gasteiger partial charge in [-0.05, 0) is 54.1 Å². The summed E-state index contributed by atoms with van der Waals surface area (Å²) < 4.78 is 5.11. The lowest BCUT2D eigenvalue weighted by Gasteiger charge is -2.14. The third kappa shape index (κ3) is 4.11. The monoisotopic (exact) mass is 446 g/mol. The van der Waals surface area contributed by atoms with Gasteiger partial charge in [0.05, 0.1) is 36.0 Å². The molecule has 0 radical (unpaired) electrons. The predicted octanol–water partition coefficient (Wildman–Crippen LogP) is 3.15. The van der Waals surface area contributed by atoms with Crippen molar-refractivity contribution in [1.29, 1.82) is 0 Å². The van der Waals surface area contributed by atoms with E-state index in [9.17, 15) is 24.3 Å². The number of aromatic hydroxyl groups is 1. The standard InChI is InChI=1S/C24H18N2O7/c1-33-16-6-2-13(3-7-16)12-26-22(29)17-8-4-14(10-18(17)23(26)30)21(28)25-19-9-5-15(24(31)32)11-20(19)27/h2-11,27H,12H2,1H3,(H,25,28)(H,31,32). The van der Waals surface area contributed by atoms with Crippen LogP contribution in [0.1, 0.15) is 47.0 Å². The minimum atomic E-state index is -1.22. The van der Waals surface area contributed by atoms with Crippen molar-refractivity contribution in [3.63, 3.8) is 0 Å². The zero-order valence-corrected chi connectivity index (χ0v) is 17.4. The highest BCUT2D eigenvalue weighted by Gasteiger charge is 2.36. The van der Waals surface area contributed by atoms with Gasteiger partial charge in [0.15, 0.2) is 0 Å². The zero-order chi connectivity index (χ0) is 23.7. The average molecular weight is 446 g/mol. The topological polar surface area (TPSA) is 133 Å². The fourth-order valence-corrected chi connectivity index (χ4v) is 3.45. The number of carboxylic acid groups (broad SMARTS) is 1. The summed E-state index contributed by atoms with van der Waals surface area (Å²) in [6, 6.07) is 14.6. The second-order valence-electron chi connectivity index (χ2n) is 7.30. The van der Waals surface area contributed by atoms with Crippen molar-refractivity contribution in [1.82, 2.24) is 4.90 Å². The molecule has 0 unspecified atom stereocenters. The smallest absolute Gasteiger partial charge is 0.335 e. The highest BCUT2D eigenvalue weighted by molar-refractivity contribution is 6.22. The molecule has 3 aromatic carbocycles. The van der Waals surface area contributed by atoms with Crippen molar-refractivity contribution in [3.8, 4) is 11.5 Å². The minimum absolute atomic E-state index is 0.00836. The number of rotatable bonds is 6. The summed E-state index contributed by atoms with van der Waals surface area (Å²) in [5.41, 5.74) is 1.01. The number of hydrogen-bond donors (Lipinski definition) is 3. The quantitative estimate of drug-likeness (QED) is 0.391. The molecule has 3 aromatic rings. The number of amides is 3. The molecule has 0 fully saturated rings. The third-order valence-corrected chi connectivity index (χ3v) is 5.23. The predicted molar refractivity (Wildman–Crippen MR) is 117 cm³/mol. The van der Waals surface area contributed by atoms with Gasteiger partial charge in [0.2, 0.25) is 0 Å². The summed E-state index contributed by atoms with van der Waals surface area (Å²) in [6.45, 7) is 0.0711. The van der Waals surface area contributed by atoms with Gasteiger partial charge < -0.3 is 20.3 Å². The average Bonchev–Trinajstić information content (AvgIpc) is 3.05. The lowest BCUT2D eigenvalue weighted by Crippen LogP contribution is -2.29. The molecule has 1 aliphatic rings. The third-order valence-electron chi connectivity index (χ3n) is 5.23. The molecule has 0 saturated carbocycles. The number of carboxylic acids is 1. The number of benzene rings is 3. The van der Waals surface area contributed by atoms with Crippen molar-refractivity contribution < 1.29 is 34.1 Å². The summed E-state index contributed by atoms with van der Waals surface area (Å²) in [4.78, 5) is 50.3. The number of aromatic carboxylic acids is 1. The number of imide groups is 1. The van der Waals surface area contributed by atoms with E-state index < -0.39 is 29.4 Å². The van der Waals surface area contributed by atoms with E-state index in [0.29, 0.717) is 5.75 Å². The summed E-state index contributed by atoms with van der Waals surface area (Å²) in [5, 5.41) is 21.4. The first-order chi connectivity index (χ1) is 15.8. The van der Waals surface area contributed by atoms with Gasteiger partial charge in [0, 0.05) is 5.56 Å². The van der Waals surface area contributed by atoms with Crippen LogP contribution in [0, 0.1) is 0 Å². The van der Waals surface area contributed by atoms with Crippen LogP contribution in [0.4, 0.5) is 5.69 Å². The number of hydrogen-bond acceptors (Lipinski definition) is 6. The Kier molecular flexibility index (Phi) is 5.53. The Balaban J connectivity index is 1.53. The highest BCUT2D eigenvalue weighted by atomic mass is 16.5. The van der Waals surface area contributed by atoms with Crippen LogP contribution in [0.25, 0.3) is 0 Å². The van der Waals surface area contributed by atoms with Gasteiger partial charge in [-0.25, -0.2) is 4.79 Å². The Hall–Kier alpha value is -4.66. The Bertz CT molecular complexity index is 1300. The largest absolute Gasteiger partial charge is 0.506 e. The Morgan fingerprint density at radius 1 is 0.909 bits per heavy atom. The summed E-state index contributed by atoms with van der Waals surface area (Å²) >= 11 is 0. The molecule has 3 amide bonds. The molecule has 3 N–H and O–H groups in total. The molecule has 33 heavy (non-hydrogen) atoms. The van der Waals surface area contributed by atoms with E-state index in [-0.39, 0.29) is 34.5 Å². The first-order valence-electron chi connectivity index (χ1n) is 9.79. The molecular formula is C24H18N2O7. The molecule has 0 saturated heterocycles. The Labute approximate surface area is 187 Å². The van der Waals surface area contributed by atoms with Crippen LogP contribution in [0.5, 0.6) is 11.5 Å². The van der Waals surface area contributed by atoms with Gasteiger partial charge in [0.1, 0.15) is 11.5 Å². The molecule has 166 valence electrons. The number of carbonyl (C=O) groups excluding carboxylic acids is 3. The molecule has 0 atom stereocenters. The number of methoxy groups -OCH3 is 1. The molecule has 9 heteroatoms. The fraction of sp³-hybridized carbons (Fsp3) is 0.0833. The molecular weight excluding hydrogens is 428 g/mol.